The van der Waals surface area contributed by atoms with Crippen LogP contribution in [0.25, 0.3) is 16.7 Å². The van der Waals surface area contributed by atoms with Crippen molar-refractivity contribution >= 4 is 29.2 Å². The summed E-state index contributed by atoms with van der Waals surface area (Å²) in [5.74, 6) is -3.00. The summed E-state index contributed by atoms with van der Waals surface area (Å²) in [4.78, 5) is 50.5. The number of methoxy groups -OCH3 is 1. The molecule has 32 heavy (non-hydrogen) atoms. The van der Waals surface area contributed by atoms with E-state index in [0.717, 1.165) is 0 Å². The van der Waals surface area contributed by atoms with E-state index in [2.05, 4.69) is 0 Å². The number of rotatable bonds is 4. The molecule has 0 aromatic heterocycles. The lowest BCUT2D eigenvalue weighted by Crippen LogP contribution is -2.61. The third-order valence-electron chi connectivity index (χ3n) is 6.52. The molecule has 1 fully saturated rings. The molecule has 2 aromatic rings. The Kier molecular flexibility index (Phi) is 4.32. The van der Waals surface area contributed by atoms with Gasteiger partial charge in [-0.05, 0) is 59.9 Å². The second-order valence-electron chi connectivity index (χ2n) is 8.22. The molecule has 2 aliphatic heterocycles. The summed E-state index contributed by atoms with van der Waals surface area (Å²) in [6, 6.07) is 9.43. The molecule has 162 valence electrons. The highest BCUT2D eigenvalue weighted by Crippen LogP contribution is 2.48. The van der Waals surface area contributed by atoms with Crippen LogP contribution in [0.4, 0.5) is 0 Å². The molecule has 3 atom stereocenters. The van der Waals surface area contributed by atoms with E-state index in [1.165, 1.54) is 25.0 Å². The Bertz CT molecular complexity index is 1270. The molecule has 2 heterocycles. The Morgan fingerprint density at radius 1 is 1.06 bits per heavy atom. The van der Waals surface area contributed by atoms with Gasteiger partial charge < -0.3 is 19.8 Å². The molecule has 1 aliphatic carbocycles. The zero-order valence-electron chi connectivity index (χ0n) is 17.3. The molecular weight excluding hydrogens is 414 g/mol. The summed E-state index contributed by atoms with van der Waals surface area (Å²) in [5, 5.41) is 19.7. The van der Waals surface area contributed by atoms with E-state index in [-0.39, 0.29) is 17.0 Å². The van der Waals surface area contributed by atoms with E-state index >= 15 is 0 Å². The highest BCUT2D eigenvalue weighted by Gasteiger charge is 2.56. The van der Waals surface area contributed by atoms with E-state index in [4.69, 9.17) is 4.74 Å². The lowest BCUT2D eigenvalue weighted by atomic mass is 9.82. The Labute approximate surface area is 182 Å². The first-order valence-corrected chi connectivity index (χ1v) is 10.1. The molecule has 0 saturated carbocycles. The van der Waals surface area contributed by atoms with Crippen molar-refractivity contribution in [3.05, 3.63) is 64.3 Å². The first-order chi connectivity index (χ1) is 15.2. The normalized spacial score (nSPS) is 21.7. The van der Waals surface area contributed by atoms with E-state index < -0.39 is 35.9 Å². The summed E-state index contributed by atoms with van der Waals surface area (Å²) < 4.78 is 4.73. The Balaban J connectivity index is 1.59. The fraction of sp³-hybridized carbons (Fsp3) is 0.250. The topological polar surface area (TPSA) is 121 Å². The number of carboxylic acid groups (broad SMARTS) is 1. The standard InChI is InChI=1S/C24H19NO7/c1-10(26)19-18-9-15(20(23(29)30)25(18)22(19)28)11-3-6-14-16(7-11)13-5-4-12(24(31)32-2)8-17(13)21(14)27/h3-8,10,18-19,26H,9H2,1-2H3,(H,29,30)/t10-,18-,19-/m1/s1. The van der Waals surface area contributed by atoms with Crippen LogP contribution in [0.1, 0.15) is 45.2 Å². The van der Waals surface area contributed by atoms with Crippen LogP contribution >= 0.6 is 0 Å². The third kappa shape index (κ3) is 2.59. The van der Waals surface area contributed by atoms with Crippen molar-refractivity contribution in [3.63, 3.8) is 0 Å². The first-order valence-electron chi connectivity index (χ1n) is 10.1. The number of esters is 1. The van der Waals surface area contributed by atoms with Gasteiger partial charge in [0.15, 0.2) is 5.78 Å². The van der Waals surface area contributed by atoms with E-state index in [0.29, 0.717) is 39.8 Å². The number of benzene rings is 2. The van der Waals surface area contributed by atoms with Gasteiger partial charge in [0.25, 0.3) is 0 Å². The number of aliphatic carboxylic acids is 1. The molecule has 5 rings (SSSR count). The maximum Gasteiger partial charge on any atom is 0.352 e. The SMILES string of the molecule is COC(=O)c1ccc2c(c1)C(=O)c1ccc(C3=C(C(=O)O)N4C(=O)[C@H]([C@@H](C)O)[C@H]4C3)cc1-2. The summed E-state index contributed by atoms with van der Waals surface area (Å²) in [7, 11) is 1.27. The lowest BCUT2D eigenvalue weighted by molar-refractivity contribution is -0.161. The number of fused-ring (bicyclic) bond motifs is 4. The van der Waals surface area contributed by atoms with Crippen molar-refractivity contribution in [3.8, 4) is 11.1 Å². The molecule has 2 aromatic carbocycles. The van der Waals surface area contributed by atoms with Gasteiger partial charge in [0.2, 0.25) is 5.91 Å². The van der Waals surface area contributed by atoms with Crippen LogP contribution < -0.4 is 0 Å². The van der Waals surface area contributed by atoms with Crippen LogP contribution in [-0.2, 0) is 14.3 Å². The van der Waals surface area contributed by atoms with Gasteiger partial charge in [-0.3, -0.25) is 9.59 Å². The van der Waals surface area contributed by atoms with Crippen LogP contribution in [0.5, 0.6) is 0 Å². The average molecular weight is 433 g/mol. The zero-order chi connectivity index (χ0) is 22.9. The number of amides is 1. The number of ether oxygens (including phenoxy) is 1. The van der Waals surface area contributed by atoms with Gasteiger partial charge in [0.1, 0.15) is 5.70 Å². The Morgan fingerprint density at radius 2 is 1.78 bits per heavy atom. The Hall–Kier alpha value is -3.78. The van der Waals surface area contributed by atoms with Gasteiger partial charge in [-0.25, -0.2) is 9.59 Å². The number of nitrogens with zero attached hydrogens (tertiary/aromatic N) is 1. The number of hydrogen-bond acceptors (Lipinski definition) is 6. The summed E-state index contributed by atoms with van der Waals surface area (Å²) >= 11 is 0. The minimum absolute atomic E-state index is 0.0811. The number of ketones is 1. The fourth-order valence-electron chi connectivity index (χ4n) is 5.04. The molecule has 8 heteroatoms. The highest BCUT2D eigenvalue weighted by atomic mass is 16.5. The summed E-state index contributed by atoms with van der Waals surface area (Å²) in [6.45, 7) is 1.53. The minimum atomic E-state index is -1.21. The van der Waals surface area contributed by atoms with Crippen molar-refractivity contribution in [2.45, 2.75) is 25.5 Å². The van der Waals surface area contributed by atoms with Gasteiger partial charge in [-0.1, -0.05) is 12.1 Å². The van der Waals surface area contributed by atoms with Gasteiger partial charge >= 0.3 is 11.9 Å². The predicted octanol–water partition coefficient (Wildman–Crippen LogP) is 2.09. The molecule has 2 N–H and O–H groups in total. The number of hydrogen-bond donors (Lipinski definition) is 2. The van der Waals surface area contributed by atoms with Crippen LogP contribution in [0, 0.1) is 5.92 Å². The summed E-state index contributed by atoms with van der Waals surface area (Å²) in [5.41, 5.74) is 3.42. The zero-order valence-corrected chi connectivity index (χ0v) is 17.3. The number of β-lactam (4-membered cyclic amide) rings is 1. The van der Waals surface area contributed by atoms with Crippen LogP contribution in [-0.4, -0.2) is 58.0 Å². The number of aliphatic hydroxyl groups excluding tert-OH is 1. The van der Waals surface area contributed by atoms with Crippen molar-refractivity contribution in [1.29, 1.82) is 0 Å². The van der Waals surface area contributed by atoms with Gasteiger partial charge in [-0.2, -0.15) is 0 Å². The monoisotopic (exact) mass is 433 g/mol. The number of carboxylic acids is 1. The van der Waals surface area contributed by atoms with Crippen LogP contribution in [0.3, 0.4) is 0 Å². The maximum atomic E-state index is 12.9. The van der Waals surface area contributed by atoms with Crippen molar-refractivity contribution < 1.29 is 34.1 Å². The van der Waals surface area contributed by atoms with Gasteiger partial charge in [0, 0.05) is 11.1 Å². The quantitative estimate of drug-likeness (QED) is 0.477. The number of carbonyl (C=O) groups is 4. The van der Waals surface area contributed by atoms with E-state index in [9.17, 15) is 29.4 Å². The maximum absolute atomic E-state index is 12.9. The van der Waals surface area contributed by atoms with Crippen molar-refractivity contribution in [2.24, 2.45) is 5.92 Å². The minimum Gasteiger partial charge on any atom is -0.477 e. The average Bonchev–Trinajstić information content (AvgIpc) is 3.25. The molecule has 0 bridgehead atoms. The second kappa shape index (κ2) is 6.86. The smallest absolute Gasteiger partial charge is 0.352 e. The predicted molar refractivity (Wildman–Crippen MR) is 112 cm³/mol. The third-order valence-corrected chi connectivity index (χ3v) is 6.52. The van der Waals surface area contributed by atoms with Gasteiger partial charge in [-0.15, -0.1) is 0 Å². The molecule has 1 amide bonds. The molecule has 0 spiro atoms. The fourth-order valence-corrected chi connectivity index (χ4v) is 5.04. The van der Waals surface area contributed by atoms with Crippen LogP contribution in [0.2, 0.25) is 0 Å². The highest BCUT2D eigenvalue weighted by molar-refractivity contribution is 6.22. The van der Waals surface area contributed by atoms with E-state index in [1.807, 2.05) is 0 Å². The van der Waals surface area contributed by atoms with Crippen LogP contribution in [0.15, 0.2) is 42.1 Å². The molecular formula is C24H19NO7. The van der Waals surface area contributed by atoms with Crippen molar-refractivity contribution in [2.75, 3.05) is 7.11 Å². The Morgan fingerprint density at radius 3 is 2.44 bits per heavy atom. The molecule has 1 saturated heterocycles. The van der Waals surface area contributed by atoms with Crippen molar-refractivity contribution in [1.82, 2.24) is 4.90 Å². The lowest BCUT2D eigenvalue weighted by Gasteiger charge is -2.44. The first kappa shape index (κ1) is 20.1. The largest absolute Gasteiger partial charge is 0.477 e. The molecule has 8 nitrogen and oxygen atoms in total. The van der Waals surface area contributed by atoms with Gasteiger partial charge in [0.05, 0.1) is 30.7 Å². The molecule has 3 aliphatic rings. The molecule has 0 unspecified atom stereocenters. The number of carbonyl (C=O) groups excluding carboxylic acids is 3. The van der Waals surface area contributed by atoms with E-state index in [1.54, 1.807) is 30.3 Å². The summed E-state index contributed by atoms with van der Waals surface area (Å²) in [6.07, 6.45) is -0.559. The molecule has 0 radical (unpaired) electrons. The second-order valence-corrected chi connectivity index (χ2v) is 8.22. The number of aliphatic hydroxyl groups is 1.